The highest BCUT2D eigenvalue weighted by molar-refractivity contribution is 7.22. The molecule has 2 aromatic heterocycles. The van der Waals surface area contributed by atoms with Crippen LogP contribution in [0, 0.1) is 5.82 Å². The highest BCUT2D eigenvalue weighted by Gasteiger charge is 2.43. The molecule has 2 aliphatic heterocycles. The SMILES string of the molecule is O=C(O)CNC(=O)c1cc(F)c2nc(N3[C@H]4CC[C@H]3CC(OCc3c(-c5ccccc5OC(F)(F)F)noc3C3CC3)C4)sc2c1. The van der Waals surface area contributed by atoms with Crippen LogP contribution in [0.15, 0.2) is 40.9 Å². The molecule has 1 amide bonds. The minimum absolute atomic E-state index is 0.0165. The summed E-state index contributed by atoms with van der Waals surface area (Å²) in [4.78, 5) is 29.9. The minimum Gasteiger partial charge on any atom is -0.480 e. The van der Waals surface area contributed by atoms with E-state index < -0.39 is 30.6 Å². The molecule has 46 heavy (non-hydrogen) atoms. The van der Waals surface area contributed by atoms with Crippen molar-refractivity contribution in [1.29, 1.82) is 0 Å². The summed E-state index contributed by atoms with van der Waals surface area (Å²) in [5.74, 6) is -2.14. The van der Waals surface area contributed by atoms with Crippen LogP contribution < -0.4 is 15.0 Å². The number of amides is 1. The van der Waals surface area contributed by atoms with E-state index in [4.69, 9.17) is 14.4 Å². The molecule has 3 fully saturated rings. The number of carboxylic acids is 1. The van der Waals surface area contributed by atoms with E-state index in [1.165, 1.54) is 35.6 Å². The first kappa shape index (κ1) is 30.4. The molecule has 2 N–H and O–H groups in total. The second-order valence-electron chi connectivity index (χ2n) is 11.8. The third kappa shape index (κ3) is 6.12. The fourth-order valence-electron chi connectivity index (χ4n) is 6.47. The molecule has 2 saturated heterocycles. The van der Waals surface area contributed by atoms with Gasteiger partial charge in [-0.25, -0.2) is 9.37 Å². The summed E-state index contributed by atoms with van der Waals surface area (Å²) in [5, 5.41) is 15.9. The van der Waals surface area contributed by atoms with Gasteiger partial charge in [-0.3, -0.25) is 9.59 Å². The second-order valence-corrected chi connectivity index (χ2v) is 12.8. The summed E-state index contributed by atoms with van der Waals surface area (Å²) in [7, 11) is 0. The van der Waals surface area contributed by atoms with Gasteiger partial charge in [-0.1, -0.05) is 28.6 Å². The van der Waals surface area contributed by atoms with E-state index >= 15 is 0 Å². The Labute approximate surface area is 263 Å². The Bertz CT molecular complexity index is 1790. The second kappa shape index (κ2) is 11.8. The highest BCUT2D eigenvalue weighted by atomic mass is 32.1. The van der Waals surface area contributed by atoms with Crippen molar-refractivity contribution in [3.05, 3.63) is 59.1 Å². The van der Waals surface area contributed by atoms with Crippen LogP contribution in [0.5, 0.6) is 5.75 Å². The normalized spacial score (nSPS) is 21.1. The van der Waals surface area contributed by atoms with E-state index in [0.29, 0.717) is 34.0 Å². The number of hydrogen-bond acceptors (Lipinski definition) is 9. The number of para-hydroxylation sites is 1. The molecule has 1 saturated carbocycles. The van der Waals surface area contributed by atoms with Crippen molar-refractivity contribution in [1.82, 2.24) is 15.5 Å². The lowest BCUT2D eigenvalue weighted by molar-refractivity contribution is -0.274. The van der Waals surface area contributed by atoms with Gasteiger partial charge in [-0.15, -0.1) is 13.2 Å². The molecular weight excluding hydrogens is 632 g/mol. The molecule has 2 aromatic carbocycles. The largest absolute Gasteiger partial charge is 0.573 e. The average Bonchev–Trinajstić information content (AvgIpc) is 3.51. The number of halogens is 4. The summed E-state index contributed by atoms with van der Waals surface area (Å²) < 4.78 is 71.2. The number of nitrogens with one attached hydrogen (secondary N) is 1. The Morgan fingerprint density at radius 3 is 2.54 bits per heavy atom. The van der Waals surface area contributed by atoms with E-state index in [0.717, 1.165) is 31.7 Å². The molecule has 3 aliphatic rings. The van der Waals surface area contributed by atoms with Gasteiger partial charge >= 0.3 is 12.3 Å². The summed E-state index contributed by atoms with van der Waals surface area (Å²) in [5.41, 5.74) is 1.24. The van der Waals surface area contributed by atoms with Gasteiger partial charge in [0.05, 0.1) is 17.4 Å². The molecule has 242 valence electrons. The molecule has 7 rings (SSSR count). The van der Waals surface area contributed by atoms with Gasteiger partial charge in [0.2, 0.25) is 0 Å². The number of thiazole rings is 1. The number of alkyl halides is 3. The number of piperidine rings is 1. The first-order valence-corrected chi connectivity index (χ1v) is 15.7. The van der Waals surface area contributed by atoms with E-state index in [-0.39, 0.29) is 58.8 Å². The van der Waals surface area contributed by atoms with Gasteiger partial charge in [0, 0.05) is 34.7 Å². The smallest absolute Gasteiger partial charge is 0.480 e. The van der Waals surface area contributed by atoms with Crippen molar-refractivity contribution in [2.75, 3.05) is 11.4 Å². The standard InChI is InChI=1S/C31H28F4N4O6S/c32-22-9-16(29(42)36-13-25(40)41)10-24-27(22)37-30(46-24)39-17-7-8-18(39)12-19(11-17)43-14-21-26(38-45-28(21)15-5-6-15)20-3-1-2-4-23(20)44-31(33,34)35/h1-4,9-10,15,17-19H,5-8,11-14H2,(H,36,42)(H,40,41)/t17-,18-/m0/s1. The highest BCUT2D eigenvalue weighted by Crippen LogP contribution is 2.47. The van der Waals surface area contributed by atoms with Crippen molar-refractivity contribution >= 4 is 38.6 Å². The lowest BCUT2D eigenvalue weighted by Gasteiger charge is -2.38. The summed E-state index contributed by atoms with van der Waals surface area (Å²) in [6.45, 7) is -0.457. The number of nitrogens with zero attached hydrogens (tertiary/aromatic N) is 3. The number of benzene rings is 2. The number of carbonyl (C=O) groups is 2. The molecule has 4 heterocycles. The molecule has 15 heteroatoms. The van der Waals surface area contributed by atoms with Crippen molar-refractivity contribution in [2.24, 2.45) is 0 Å². The quantitative estimate of drug-likeness (QED) is 0.186. The predicted molar refractivity (Wildman–Crippen MR) is 157 cm³/mol. The lowest BCUT2D eigenvalue weighted by atomic mass is 10.00. The molecule has 0 spiro atoms. The van der Waals surface area contributed by atoms with Crippen LogP contribution in [-0.4, -0.2) is 58.2 Å². The predicted octanol–water partition coefficient (Wildman–Crippen LogP) is 6.40. The van der Waals surface area contributed by atoms with Crippen molar-refractivity contribution in [3.8, 4) is 17.0 Å². The summed E-state index contributed by atoms with van der Waals surface area (Å²) in [6.07, 6.45) is -0.0720. The Morgan fingerprint density at radius 2 is 1.85 bits per heavy atom. The molecule has 2 atom stereocenters. The zero-order valence-electron chi connectivity index (χ0n) is 24.2. The van der Waals surface area contributed by atoms with Gasteiger partial charge in [-0.2, -0.15) is 0 Å². The Hall–Kier alpha value is -4.24. The molecule has 10 nitrogen and oxygen atoms in total. The zero-order chi connectivity index (χ0) is 32.2. The Kier molecular flexibility index (Phi) is 7.83. The van der Waals surface area contributed by atoms with Gasteiger partial charge in [-0.05, 0) is 62.8 Å². The lowest BCUT2D eigenvalue weighted by Crippen LogP contribution is -2.45. The number of ether oxygens (including phenoxy) is 2. The Morgan fingerprint density at radius 1 is 1.11 bits per heavy atom. The third-order valence-electron chi connectivity index (χ3n) is 8.61. The van der Waals surface area contributed by atoms with E-state index in [1.54, 1.807) is 6.07 Å². The number of carbonyl (C=O) groups excluding carboxylic acids is 1. The van der Waals surface area contributed by atoms with E-state index in [2.05, 4.69) is 25.1 Å². The molecule has 1 aliphatic carbocycles. The number of anilines is 1. The van der Waals surface area contributed by atoms with Crippen LogP contribution in [0.4, 0.5) is 22.7 Å². The van der Waals surface area contributed by atoms with Crippen molar-refractivity contribution in [2.45, 2.75) is 75.6 Å². The fourth-order valence-corrected chi connectivity index (χ4v) is 7.63. The maximum absolute atomic E-state index is 15.0. The molecule has 4 aromatic rings. The van der Waals surface area contributed by atoms with Gasteiger partial charge in [0.15, 0.2) is 10.9 Å². The number of aliphatic carboxylic acids is 1. The number of aromatic nitrogens is 2. The first-order valence-electron chi connectivity index (χ1n) is 14.9. The van der Waals surface area contributed by atoms with Crippen LogP contribution >= 0.6 is 11.3 Å². The van der Waals surface area contributed by atoms with Gasteiger partial charge in [0.25, 0.3) is 5.91 Å². The van der Waals surface area contributed by atoms with Gasteiger partial charge < -0.3 is 29.3 Å². The van der Waals surface area contributed by atoms with E-state index in [1.807, 2.05) is 0 Å². The monoisotopic (exact) mass is 660 g/mol. The number of fused-ring (bicyclic) bond motifs is 3. The van der Waals surface area contributed by atoms with Crippen LogP contribution in [-0.2, 0) is 16.1 Å². The maximum Gasteiger partial charge on any atom is 0.573 e. The topological polar surface area (TPSA) is 127 Å². The van der Waals surface area contributed by atoms with Crippen LogP contribution in [0.3, 0.4) is 0 Å². The van der Waals surface area contributed by atoms with Crippen molar-refractivity contribution in [3.63, 3.8) is 0 Å². The number of carboxylic acid groups (broad SMARTS) is 1. The first-order chi connectivity index (χ1) is 22.0. The third-order valence-corrected chi connectivity index (χ3v) is 9.62. The fraction of sp³-hybridized carbons (Fsp3) is 0.419. The zero-order valence-corrected chi connectivity index (χ0v) is 25.0. The van der Waals surface area contributed by atoms with Crippen LogP contribution in [0.25, 0.3) is 21.5 Å². The molecule has 0 radical (unpaired) electrons. The molecule has 0 unspecified atom stereocenters. The average molecular weight is 661 g/mol. The minimum atomic E-state index is -4.86. The summed E-state index contributed by atoms with van der Waals surface area (Å²) >= 11 is 1.28. The maximum atomic E-state index is 15.0. The number of hydrogen-bond donors (Lipinski definition) is 2. The van der Waals surface area contributed by atoms with Crippen LogP contribution in [0.2, 0.25) is 0 Å². The molecular formula is C31H28F4N4O6S. The summed E-state index contributed by atoms with van der Waals surface area (Å²) in [6, 6.07) is 8.57. The Balaban J connectivity index is 1.07. The van der Waals surface area contributed by atoms with Crippen molar-refractivity contribution < 1.29 is 46.3 Å². The van der Waals surface area contributed by atoms with Crippen LogP contribution in [0.1, 0.15) is 66.1 Å². The van der Waals surface area contributed by atoms with E-state index in [9.17, 15) is 27.2 Å². The number of rotatable bonds is 10. The molecule has 2 bridgehead atoms. The van der Waals surface area contributed by atoms with Gasteiger partial charge in [0.1, 0.15) is 29.3 Å².